The smallest absolute Gasteiger partial charge is 0.303 e. The summed E-state index contributed by atoms with van der Waals surface area (Å²) in [6.07, 6.45) is 1.57. The van der Waals surface area contributed by atoms with Gasteiger partial charge in [0.15, 0.2) is 11.5 Å². The molecule has 0 saturated heterocycles. The van der Waals surface area contributed by atoms with Crippen LogP contribution in [0.25, 0.3) is 22.3 Å². The monoisotopic (exact) mass is 425 g/mol. The van der Waals surface area contributed by atoms with Crippen LogP contribution in [0.4, 0.5) is 0 Å². The van der Waals surface area contributed by atoms with Gasteiger partial charge in [-0.05, 0) is 67.9 Å². The lowest BCUT2D eigenvalue weighted by molar-refractivity contribution is -0.136. The molecule has 1 heterocycles. The first-order chi connectivity index (χ1) is 15.0. The Morgan fingerprint density at radius 1 is 1.06 bits per heavy atom. The lowest BCUT2D eigenvalue weighted by Gasteiger charge is -2.18. The molecular formula is C25H31NO5. The van der Waals surface area contributed by atoms with Gasteiger partial charge in [-0.15, -0.1) is 0 Å². The second-order valence-electron chi connectivity index (χ2n) is 7.47. The van der Waals surface area contributed by atoms with E-state index >= 15 is 0 Å². The van der Waals surface area contributed by atoms with E-state index in [9.17, 15) is 4.79 Å². The molecule has 0 amide bonds. The van der Waals surface area contributed by atoms with Crippen LogP contribution in [0.15, 0.2) is 46.9 Å². The van der Waals surface area contributed by atoms with E-state index in [-0.39, 0.29) is 6.42 Å². The first kappa shape index (κ1) is 22.7. The van der Waals surface area contributed by atoms with Crippen molar-refractivity contribution in [2.45, 2.75) is 33.1 Å². The highest BCUT2D eigenvalue weighted by atomic mass is 16.5. The number of benzene rings is 2. The van der Waals surface area contributed by atoms with Gasteiger partial charge in [0.2, 0.25) is 0 Å². The highest BCUT2D eigenvalue weighted by Gasteiger charge is 2.12. The van der Waals surface area contributed by atoms with Crippen LogP contribution in [0.5, 0.6) is 11.5 Å². The second-order valence-corrected chi connectivity index (χ2v) is 7.47. The van der Waals surface area contributed by atoms with Gasteiger partial charge in [-0.2, -0.15) is 0 Å². The number of aliphatic carboxylic acids is 1. The minimum atomic E-state index is -0.796. The van der Waals surface area contributed by atoms with Crippen molar-refractivity contribution in [3.05, 3.63) is 48.0 Å². The molecule has 166 valence electrons. The highest BCUT2D eigenvalue weighted by molar-refractivity contribution is 5.84. The van der Waals surface area contributed by atoms with E-state index in [4.69, 9.17) is 19.0 Å². The minimum Gasteiger partial charge on any atom is -0.493 e. The zero-order valence-corrected chi connectivity index (χ0v) is 18.5. The van der Waals surface area contributed by atoms with Crippen LogP contribution < -0.4 is 9.47 Å². The number of rotatable bonds is 12. The number of carbonyl (C=O) groups is 1. The summed E-state index contributed by atoms with van der Waals surface area (Å²) in [6.45, 7) is 8.08. The van der Waals surface area contributed by atoms with Crippen LogP contribution in [0.3, 0.4) is 0 Å². The largest absolute Gasteiger partial charge is 0.493 e. The Bertz CT molecular complexity index is 1010. The number of nitrogens with zero attached hydrogens (tertiary/aromatic N) is 1. The molecule has 0 aliphatic rings. The van der Waals surface area contributed by atoms with Crippen molar-refractivity contribution in [3.63, 3.8) is 0 Å². The second kappa shape index (κ2) is 10.9. The number of aryl methyl sites for hydroxylation is 1. The third-order valence-corrected chi connectivity index (χ3v) is 5.43. The summed E-state index contributed by atoms with van der Waals surface area (Å²) in [5.74, 6) is 1.33. The van der Waals surface area contributed by atoms with Crippen LogP contribution in [0.1, 0.15) is 32.3 Å². The zero-order valence-electron chi connectivity index (χ0n) is 18.5. The van der Waals surface area contributed by atoms with E-state index < -0.39 is 5.97 Å². The van der Waals surface area contributed by atoms with Gasteiger partial charge in [0.1, 0.15) is 11.3 Å². The third kappa shape index (κ3) is 6.01. The van der Waals surface area contributed by atoms with Gasteiger partial charge in [-0.3, -0.25) is 4.79 Å². The molecular weight excluding hydrogens is 394 g/mol. The molecule has 0 aliphatic heterocycles. The maximum absolute atomic E-state index is 10.8. The maximum Gasteiger partial charge on any atom is 0.303 e. The number of carboxylic acid groups (broad SMARTS) is 1. The average Bonchev–Trinajstić information content (AvgIpc) is 3.21. The third-order valence-electron chi connectivity index (χ3n) is 5.43. The van der Waals surface area contributed by atoms with Crippen LogP contribution in [-0.2, 0) is 11.2 Å². The van der Waals surface area contributed by atoms with E-state index in [1.807, 2.05) is 42.5 Å². The number of furan rings is 1. The van der Waals surface area contributed by atoms with Crippen LogP contribution in [-0.4, -0.2) is 49.3 Å². The van der Waals surface area contributed by atoms with Gasteiger partial charge in [-0.25, -0.2) is 0 Å². The highest BCUT2D eigenvalue weighted by Crippen LogP contribution is 2.35. The molecule has 0 atom stereocenters. The molecule has 0 saturated carbocycles. The number of fused-ring (bicyclic) bond motifs is 1. The van der Waals surface area contributed by atoms with Crippen LogP contribution >= 0.6 is 0 Å². The van der Waals surface area contributed by atoms with Crippen molar-refractivity contribution in [1.82, 2.24) is 4.90 Å². The fourth-order valence-corrected chi connectivity index (χ4v) is 3.59. The Hall–Kier alpha value is -2.99. The number of hydrogen-bond donors (Lipinski definition) is 1. The molecule has 1 aromatic heterocycles. The van der Waals surface area contributed by atoms with Gasteiger partial charge in [-0.1, -0.05) is 19.9 Å². The van der Waals surface area contributed by atoms with Gasteiger partial charge in [0.25, 0.3) is 0 Å². The summed E-state index contributed by atoms with van der Waals surface area (Å²) < 4.78 is 17.5. The number of methoxy groups -OCH3 is 1. The zero-order chi connectivity index (χ0) is 22.2. The molecule has 1 N–H and O–H groups in total. The molecule has 3 rings (SSSR count). The summed E-state index contributed by atoms with van der Waals surface area (Å²) in [6, 6.07) is 13.6. The Balaban J connectivity index is 1.71. The van der Waals surface area contributed by atoms with Gasteiger partial charge >= 0.3 is 5.97 Å². The molecule has 6 nitrogen and oxygen atoms in total. The summed E-state index contributed by atoms with van der Waals surface area (Å²) in [5.41, 5.74) is 2.65. The fraction of sp³-hybridized carbons (Fsp3) is 0.400. The van der Waals surface area contributed by atoms with E-state index in [1.165, 1.54) is 0 Å². The van der Waals surface area contributed by atoms with Crippen molar-refractivity contribution in [1.29, 1.82) is 0 Å². The molecule has 0 bridgehead atoms. The van der Waals surface area contributed by atoms with E-state index in [0.29, 0.717) is 18.8 Å². The van der Waals surface area contributed by atoms with Gasteiger partial charge in [0.05, 0.1) is 13.7 Å². The van der Waals surface area contributed by atoms with E-state index in [1.54, 1.807) is 7.11 Å². The first-order valence-electron chi connectivity index (χ1n) is 10.8. The summed E-state index contributed by atoms with van der Waals surface area (Å²) in [7, 11) is 1.63. The number of carboxylic acids is 1. The van der Waals surface area contributed by atoms with Crippen molar-refractivity contribution in [2.24, 2.45) is 0 Å². The minimum absolute atomic E-state index is 0.115. The molecule has 3 aromatic rings. The predicted molar refractivity (Wildman–Crippen MR) is 122 cm³/mol. The van der Waals surface area contributed by atoms with Crippen molar-refractivity contribution < 1.29 is 23.8 Å². The Morgan fingerprint density at radius 2 is 1.87 bits per heavy atom. The molecule has 0 unspecified atom stereocenters. The molecule has 31 heavy (non-hydrogen) atoms. The Kier molecular flexibility index (Phi) is 7.95. The fourth-order valence-electron chi connectivity index (χ4n) is 3.59. The number of ether oxygens (including phenoxy) is 2. The number of hydrogen-bond acceptors (Lipinski definition) is 5. The van der Waals surface area contributed by atoms with E-state index in [2.05, 4.69) is 18.7 Å². The standard InChI is InChI=1S/C25H31NO5/c1-4-26(5-2)13-6-14-30-22-11-9-19(16-24(22)29-3)23-17-20-15-18(8-12-25(27)28)7-10-21(20)31-23/h7,9-11,15-17H,4-6,8,12-14H2,1-3H3,(H,27,28). The van der Waals surface area contributed by atoms with Gasteiger partial charge in [0, 0.05) is 23.9 Å². The Labute approximate surface area is 183 Å². The molecule has 6 heteroatoms. The molecule has 0 spiro atoms. The average molecular weight is 426 g/mol. The Morgan fingerprint density at radius 3 is 2.58 bits per heavy atom. The van der Waals surface area contributed by atoms with Crippen molar-refractivity contribution >= 4 is 16.9 Å². The van der Waals surface area contributed by atoms with Crippen LogP contribution in [0, 0.1) is 0 Å². The molecule has 0 fully saturated rings. The molecule has 0 radical (unpaired) electrons. The van der Waals surface area contributed by atoms with Gasteiger partial charge < -0.3 is 23.9 Å². The predicted octanol–water partition coefficient (Wildman–Crippen LogP) is 5.24. The SMILES string of the molecule is CCN(CC)CCCOc1ccc(-c2cc3cc(CCC(=O)O)ccc3o2)cc1OC. The lowest BCUT2D eigenvalue weighted by atomic mass is 10.1. The topological polar surface area (TPSA) is 72.1 Å². The molecule has 2 aromatic carbocycles. The maximum atomic E-state index is 10.8. The first-order valence-corrected chi connectivity index (χ1v) is 10.8. The van der Waals surface area contributed by atoms with Crippen molar-refractivity contribution in [3.8, 4) is 22.8 Å². The van der Waals surface area contributed by atoms with E-state index in [0.717, 1.165) is 59.7 Å². The van der Waals surface area contributed by atoms with Crippen LogP contribution in [0.2, 0.25) is 0 Å². The lowest BCUT2D eigenvalue weighted by Crippen LogP contribution is -2.25. The summed E-state index contributed by atoms with van der Waals surface area (Å²) in [4.78, 5) is 13.2. The summed E-state index contributed by atoms with van der Waals surface area (Å²) >= 11 is 0. The molecule has 0 aliphatic carbocycles. The quantitative estimate of drug-likeness (QED) is 0.400. The summed E-state index contributed by atoms with van der Waals surface area (Å²) in [5, 5.41) is 9.84. The van der Waals surface area contributed by atoms with Crippen molar-refractivity contribution in [2.75, 3.05) is 33.4 Å². The normalized spacial score (nSPS) is 11.2.